The smallest absolute Gasteiger partial charge is 0.228 e. The second-order valence-electron chi connectivity index (χ2n) is 5.54. The van der Waals surface area contributed by atoms with E-state index in [-0.39, 0.29) is 5.84 Å². The number of hydrogen-bond donors (Lipinski definition) is 2. The van der Waals surface area contributed by atoms with Crippen LogP contribution in [0.5, 0.6) is 11.6 Å². The van der Waals surface area contributed by atoms with Crippen molar-refractivity contribution in [3.05, 3.63) is 40.6 Å². The lowest BCUT2D eigenvalue weighted by atomic mass is 9.92. The van der Waals surface area contributed by atoms with Gasteiger partial charge >= 0.3 is 0 Å². The van der Waals surface area contributed by atoms with Crippen LogP contribution in [0, 0.1) is 12.3 Å². The van der Waals surface area contributed by atoms with Crippen LogP contribution in [0.4, 0.5) is 0 Å². The molecule has 0 spiro atoms. The predicted molar refractivity (Wildman–Crippen MR) is 82.1 cm³/mol. The van der Waals surface area contributed by atoms with Crippen molar-refractivity contribution in [2.75, 3.05) is 0 Å². The minimum atomic E-state index is -0.0199. The SMILES string of the molecule is Cc1nn(C)c(Oc2ccc3c(c2)CCCC3)c1C(=N)N. The number of nitrogens with two attached hydrogens (primary N) is 1. The number of amidine groups is 1. The Bertz CT molecular complexity index is 703. The lowest BCUT2D eigenvalue weighted by Gasteiger charge is -2.17. The maximum atomic E-state index is 7.69. The second kappa shape index (κ2) is 5.24. The zero-order valence-corrected chi connectivity index (χ0v) is 12.4. The molecule has 21 heavy (non-hydrogen) atoms. The van der Waals surface area contributed by atoms with Crippen molar-refractivity contribution >= 4 is 5.84 Å². The third kappa shape index (κ3) is 2.51. The number of nitrogens with one attached hydrogen (secondary N) is 1. The first kappa shape index (κ1) is 13.7. The molecule has 5 heteroatoms. The molecule has 110 valence electrons. The van der Waals surface area contributed by atoms with Gasteiger partial charge in [-0.15, -0.1) is 0 Å². The second-order valence-corrected chi connectivity index (χ2v) is 5.54. The van der Waals surface area contributed by atoms with E-state index in [1.165, 1.54) is 24.0 Å². The summed E-state index contributed by atoms with van der Waals surface area (Å²) in [5.74, 6) is 1.28. The van der Waals surface area contributed by atoms with Gasteiger partial charge in [0, 0.05) is 7.05 Å². The molecule has 3 rings (SSSR count). The van der Waals surface area contributed by atoms with Gasteiger partial charge in [0.25, 0.3) is 0 Å². The molecule has 0 bridgehead atoms. The summed E-state index contributed by atoms with van der Waals surface area (Å²) in [5.41, 5.74) is 9.70. The summed E-state index contributed by atoms with van der Waals surface area (Å²) in [6.45, 7) is 1.83. The maximum absolute atomic E-state index is 7.69. The number of aryl methyl sites for hydroxylation is 4. The average Bonchev–Trinajstić information content (AvgIpc) is 2.73. The number of rotatable bonds is 3. The summed E-state index contributed by atoms with van der Waals surface area (Å²) in [6.07, 6.45) is 4.76. The summed E-state index contributed by atoms with van der Waals surface area (Å²) in [4.78, 5) is 0. The lowest BCUT2D eigenvalue weighted by molar-refractivity contribution is 0.428. The minimum absolute atomic E-state index is 0.0199. The van der Waals surface area contributed by atoms with Crippen molar-refractivity contribution in [2.24, 2.45) is 12.8 Å². The first-order valence-corrected chi connectivity index (χ1v) is 7.24. The van der Waals surface area contributed by atoms with Crippen LogP contribution in [0.1, 0.15) is 35.2 Å². The van der Waals surface area contributed by atoms with Gasteiger partial charge in [-0.1, -0.05) is 6.07 Å². The Morgan fingerprint density at radius 1 is 1.29 bits per heavy atom. The van der Waals surface area contributed by atoms with Gasteiger partial charge in [-0.25, -0.2) is 4.68 Å². The Labute approximate surface area is 124 Å². The van der Waals surface area contributed by atoms with E-state index in [4.69, 9.17) is 15.9 Å². The van der Waals surface area contributed by atoms with Crippen molar-refractivity contribution in [1.82, 2.24) is 9.78 Å². The van der Waals surface area contributed by atoms with E-state index in [2.05, 4.69) is 17.2 Å². The highest BCUT2D eigenvalue weighted by Crippen LogP contribution is 2.30. The molecule has 0 saturated carbocycles. The molecule has 2 aromatic rings. The van der Waals surface area contributed by atoms with E-state index < -0.39 is 0 Å². The molecule has 1 aromatic carbocycles. The van der Waals surface area contributed by atoms with E-state index in [0.29, 0.717) is 17.1 Å². The number of fused-ring (bicyclic) bond motifs is 1. The van der Waals surface area contributed by atoms with Crippen LogP contribution in [0.15, 0.2) is 18.2 Å². The van der Waals surface area contributed by atoms with E-state index in [9.17, 15) is 0 Å². The Morgan fingerprint density at radius 2 is 2.00 bits per heavy atom. The molecule has 0 fully saturated rings. The molecule has 0 saturated heterocycles. The molecule has 3 N–H and O–H groups in total. The maximum Gasteiger partial charge on any atom is 0.228 e. The highest BCUT2D eigenvalue weighted by Gasteiger charge is 2.18. The van der Waals surface area contributed by atoms with Crippen LogP contribution in [0.2, 0.25) is 0 Å². The van der Waals surface area contributed by atoms with Crippen LogP contribution < -0.4 is 10.5 Å². The third-order valence-electron chi connectivity index (χ3n) is 3.97. The molecule has 1 aliphatic carbocycles. The molecule has 5 nitrogen and oxygen atoms in total. The fraction of sp³-hybridized carbons (Fsp3) is 0.375. The molecule has 0 aliphatic heterocycles. The fourth-order valence-corrected chi connectivity index (χ4v) is 2.95. The molecule has 0 radical (unpaired) electrons. The van der Waals surface area contributed by atoms with Crippen molar-refractivity contribution in [3.8, 4) is 11.6 Å². The van der Waals surface area contributed by atoms with Gasteiger partial charge < -0.3 is 10.5 Å². The molecule has 1 aliphatic rings. The molecule has 1 heterocycles. The topological polar surface area (TPSA) is 76.9 Å². The minimum Gasteiger partial charge on any atom is -0.438 e. The van der Waals surface area contributed by atoms with Crippen molar-refractivity contribution in [2.45, 2.75) is 32.6 Å². The molecular formula is C16H20N4O. The number of ether oxygens (including phenoxy) is 1. The lowest BCUT2D eigenvalue weighted by Crippen LogP contribution is -2.13. The summed E-state index contributed by atoms with van der Waals surface area (Å²) in [7, 11) is 1.80. The molecule has 1 aromatic heterocycles. The monoisotopic (exact) mass is 284 g/mol. The number of aromatic nitrogens is 2. The van der Waals surface area contributed by atoms with E-state index >= 15 is 0 Å². The van der Waals surface area contributed by atoms with Crippen LogP contribution in [0.25, 0.3) is 0 Å². The number of hydrogen-bond acceptors (Lipinski definition) is 3. The summed E-state index contributed by atoms with van der Waals surface area (Å²) in [6, 6.07) is 6.22. The highest BCUT2D eigenvalue weighted by molar-refractivity contribution is 5.98. The molecule has 0 atom stereocenters. The van der Waals surface area contributed by atoms with Gasteiger partial charge in [0.1, 0.15) is 17.1 Å². The standard InChI is InChI=1S/C16H20N4O/c1-10-14(15(17)18)16(20(2)19-10)21-13-8-7-11-5-3-4-6-12(11)9-13/h7-9H,3-6H2,1-2H3,(H3,17,18). The molecular weight excluding hydrogens is 264 g/mol. The van der Waals surface area contributed by atoms with Gasteiger partial charge in [0.2, 0.25) is 5.88 Å². The fourth-order valence-electron chi connectivity index (χ4n) is 2.95. The Hall–Kier alpha value is -2.30. The molecule has 0 unspecified atom stereocenters. The van der Waals surface area contributed by atoms with Gasteiger partial charge in [-0.05, 0) is 55.9 Å². The molecule has 0 amide bonds. The quantitative estimate of drug-likeness (QED) is 0.672. The van der Waals surface area contributed by atoms with Crippen LogP contribution >= 0.6 is 0 Å². The van der Waals surface area contributed by atoms with E-state index in [1.54, 1.807) is 11.7 Å². The van der Waals surface area contributed by atoms with Crippen molar-refractivity contribution in [1.29, 1.82) is 5.41 Å². The van der Waals surface area contributed by atoms with Gasteiger partial charge in [0.05, 0.1) is 5.69 Å². The highest BCUT2D eigenvalue weighted by atomic mass is 16.5. The van der Waals surface area contributed by atoms with Crippen molar-refractivity contribution in [3.63, 3.8) is 0 Å². The normalized spacial score (nSPS) is 13.8. The number of nitrogen functional groups attached to an aromatic ring is 1. The summed E-state index contributed by atoms with van der Waals surface area (Å²) >= 11 is 0. The van der Waals surface area contributed by atoms with Crippen LogP contribution in [-0.2, 0) is 19.9 Å². The van der Waals surface area contributed by atoms with Crippen LogP contribution in [-0.4, -0.2) is 15.6 Å². The van der Waals surface area contributed by atoms with Crippen molar-refractivity contribution < 1.29 is 4.74 Å². The number of benzene rings is 1. The first-order valence-electron chi connectivity index (χ1n) is 7.24. The third-order valence-corrected chi connectivity index (χ3v) is 3.97. The average molecular weight is 284 g/mol. The van der Waals surface area contributed by atoms with Crippen LogP contribution in [0.3, 0.4) is 0 Å². The zero-order chi connectivity index (χ0) is 15.0. The Balaban J connectivity index is 1.95. The summed E-state index contributed by atoms with van der Waals surface area (Å²) < 4.78 is 7.60. The zero-order valence-electron chi connectivity index (χ0n) is 12.4. The van der Waals surface area contributed by atoms with E-state index in [1.807, 2.05) is 13.0 Å². The number of nitrogens with zero attached hydrogens (tertiary/aromatic N) is 2. The summed E-state index contributed by atoms with van der Waals surface area (Å²) in [5, 5.41) is 12.0. The van der Waals surface area contributed by atoms with E-state index in [0.717, 1.165) is 18.6 Å². The van der Waals surface area contributed by atoms with Gasteiger partial charge in [-0.3, -0.25) is 5.41 Å². The van der Waals surface area contributed by atoms with Gasteiger partial charge in [0.15, 0.2) is 0 Å². The predicted octanol–water partition coefficient (Wildman–Crippen LogP) is 2.68. The first-order chi connectivity index (χ1) is 10.1. The Morgan fingerprint density at radius 3 is 2.71 bits per heavy atom. The Kier molecular flexibility index (Phi) is 3.41. The van der Waals surface area contributed by atoms with Gasteiger partial charge in [-0.2, -0.15) is 5.10 Å². The largest absolute Gasteiger partial charge is 0.438 e.